The Morgan fingerprint density at radius 1 is 1.09 bits per heavy atom. The number of hydrogen-bond donors (Lipinski definition) is 0. The lowest BCUT2D eigenvalue weighted by atomic mass is 10.0. The number of ketones is 1. The molecule has 0 unspecified atom stereocenters. The van der Waals surface area contributed by atoms with Crippen molar-refractivity contribution in [2.45, 2.75) is 19.9 Å². The topological polar surface area (TPSA) is 70.2 Å². The van der Waals surface area contributed by atoms with E-state index in [4.69, 9.17) is 20.8 Å². The number of halogens is 2. The molecule has 5 aromatic rings. The first-order chi connectivity index (χ1) is 17.0. The van der Waals surface area contributed by atoms with Crippen LogP contribution in [0.15, 0.2) is 81.9 Å². The molecular weight excluding hydrogens is 530 g/mol. The number of nitrogens with zero attached hydrogens (tertiary/aromatic N) is 3. The lowest BCUT2D eigenvalue weighted by Crippen LogP contribution is -2.07. The van der Waals surface area contributed by atoms with Gasteiger partial charge in [0.15, 0.2) is 11.8 Å². The smallest absolute Gasteiger partial charge is 0.264 e. The second kappa shape index (κ2) is 10.1. The summed E-state index contributed by atoms with van der Waals surface area (Å²) in [5, 5.41) is 0.868. The summed E-state index contributed by atoms with van der Waals surface area (Å²) < 4.78 is 14.7. The minimum absolute atomic E-state index is 0.0105. The van der Waals surface area contributed by atoms with E-state index in [1.807, 2.05) is 55.5 Å². The number of Topliss-reactive ketones (excluding diaryl/α,β-unsaturated/α-hetero) is 1. The monoisotopic (exact) mass is 549 g/mol. The minimum atomic E-state index is -0.223. The van der Waals surface area contributed by atoms with Crippen LogP contribution in [-0.2, 0) is 13.0 Å². The number of carbonyl (C=O) groups excluding carboxylic acids is 1. The van der Waals surface area contributed by atoms with Crippen molar-refractivity contribution in [3.63, 3.8) is 0 Å². The number of aromatic nitrogens is 3. The lowest BCUT2D eigenvalue weighted by Gasteiger charge is -2.09. The summed E-state index contributed by atoms with van der Waals surface area (Å²) >= 11 is 9.40. The van der Waals surface area contributed by atoms with E-state index in [9.17, 15) is 4.79 Å². The molecule has 0 bridgehead atoms. The first kappa shape index (κ1) is 23.3. The number of oxazole rings is 1. The molecule has 0 aliphatic carbocycles. The molecular formula is C27H21BrClN3O3. The second-order valence-electron chi connectivity index (χ2n) is 8.02. The molecule has 3 aromatic heterocycles. The van der Waals surface area contributed by atoms with Crippen molar-refractivity contribution in [3.05, 3.63) is 100 Å². The van der Waals surface area contributed by atoms with Crippen molar-refractivity contribution in [2.24, 2.45) is 0 Å². The summed E-state index contributed by atoms with van der Waals surface area (Å²) in [6.07, 6.45) is 3.31. The highest BCUT2D eigenvalue weighted by Crippen LogP contribution is 2.35. The van der Waals surface area contributed by atoms with Crippen LogP contribution in [0.4, 0.5) is 0 Å². The van der Waals surface area contributed by atoms with Crippen LogP contribution >= 0.6 is 27.5 Å². The van der Waals surface area contributed by atoms with Gasteiger partial charge in [0.1, 0.15) is 11.4 Å². The Kier molecular flexibility index (Phi) is 6.70. The largest absolute Gasteiger partial charge is 0.477 e. The molecule has 6 nitrogen and oxygen atoms in total. The summed E-state index contributed by atoms with van der Waals surface area (Å²) in [6, 6.07) is 19.5. The highest BCUT2D eigenvalue weighted by Gasteiger charge is 2.23. The lowest BCUT2D eigenvalue weighted by molar-refractivity contribution is 0.0960. The van der Waals surface area contributed by atoms with E-state index in [0.29, 0.717) is 23.7 Å². The van der Waals surface area contributed by atoms with Crippen LogP contribution in [0.1, 0.15) is 27.5 Å². The SMILES string of the molecule is Cc1c(CC(=O)c2ncc(-c3ccccn3)o2)c2c(OCCl)cccc2n1Cc1ccc(Br)cc1. The average molecular weight is 551 g/mol. The van der Waals surface area contributed by atoms with Gasteiger partial charge in [0.05, 0.1) is 11.7 Å². The third kappa shape index (κ3) is 4.74. The van der Waals surface area contributed by atoms with E-state index in [1.165, 1.54) is 6.20 Å². The van der Waals surface area contributed by atoms with Gasteiger partial charge < -0.3 is 13.7 Å². The standard InChI is InChI=1S/C27H21BrClN3O3/c1-17-20(13-23(33)27-31-14-25(35-27)21-5-2-3-12-30-21)26-22(6-4-7-24(26)34-16-29)32(17)15-18-8-10-19(28)11-9-18/h2-12,14H,13,15-16H2,1H3. The van der Waals surface area contributed by atoms with Crippen molar-refractivity contribution < 1.29 is 13.9 Å². The van der Waals surface area contributed by atoms with Crippen LogP contribution in [0.5, 0.6) is 5.75 Å². The molecule has 0 fully saturated rings. The number of benzene rings is 2. The third-order valence-electron chi connectivity index (χ3n) is 5.90. The summed E-state index contributed by atoms with van der Waals surface area (Å²) in [5.41, 5.74) is 4.57. The van der Waals surface area contributed by atoms with E-state index in [0.717, 1.165) is 32.2 Å². The van der Waals surface area contributed by atoms with Crippen molar-refractivity contribution in [3.8, 4) is 17.2 Å². The maximum atomic E-state index is 13.3. The molecule has 0 aliphatic heterocycles. The van der Waals surface area contributed by atoms with Gasteiger partial charge in [-0.1, -0.05) is 51.8 Å². The summed E-state index contributed by atoms with van der Waals surface area (Å²) in [7, 11) is 0. The number of hydrogen-bond acceptors (Lipinski definition) is 5. The van der Waals surface area contributed by atoms with Gasteiger partial charge in [-0.25, -0.2) is 4.98 Å². The predicted octanol–water partition coefficient (Wildman–Crippen LogP) is 6.81. The Morgan fingerprint density at radius 3 is 2.66 bits per heavy atom. The van der Waals surface area contributed by atoms with Crippen LogP contribution in [0.2, 0.25) is 0 Å². The molecule has 0 radical (unpaired) electrons. The van der Waals surface area contributed by atoms with Crippen LogP contribution in [0.3, 0.4) is 0 Å². The summed E-state index contributed by atoms with van der Waals surface area (Å²) in [4.78, 5) is 21.8. The molecule has 0 N–H and O–H groups in total. The van der Waals surface area contributed by atoms with Crippen molar-refractivity contribution in [1.82, 2.24) is 14.5 Å². The normalized spacial score (nSPS) is 11.2. The molecule has 2 aromatic carbocycles. The van der Waals surface area contributed by atoms with Gasteiger partial charge in [0.25, 0.3) is 5.89 Å². The maximum Gasteiger partial charge on any atom is 0.264 e. The predicted molar refractivity (Wildman–Crippen MR) is 139 cm³/mol. The van der Waals surface area contributed by atoms with Gasteiger partial charge in [-0.15, -0.1) is 0 Å². The molecule has 0 aliphatic rings. The van der Waals surface area contributed by atoms with Gasteiger partial charge in [0, 0.05) is 34.7 Å². The highest BCUT2D eigenvalue weighted by molar-refractivity contribution is 9.10. The number of fused-ring (bicyclic) bond motifs is 1. The van der Waals surface area contributed by atoms with E-state index in [2.05, 4.69) is 42.6 Å². The fourth-order valence-corrected chi connectivity index (χ4v) is 4.59. The van der Waals surface area contributed by atoms with Gasteiger partial charge in [-0.05, 0) is 54.4 Å². The fourth-order valence-electron chi connectivity index (χ4n) is 4.21. The quantitative estimate of drug-likeness (QED) is 0.157. The molecule has 0 spiro atoms. The highest BCUT2D eigenvalue weighted by atomic mass is 79.9. The molecule has 8 heteroatoms. The zero-order valence-corrected chi connectivity index (χ0v) is 21.2. The number of alkyl halides is 1. The molecule has 35 heavy (non-hydrogen) atoms. The Morgan fingerprint density at radius 2 is 1.91 bits per heavy atom. The molecule has 3 heterocycles. The van der Waals surface area contributed by atoms with Crippen LogP contribution in [0.25, 0.3) is 22.4 Å². The summed E-state index contributed by atoms with van der Waals surface area (Å²) in [5.74, 6) is 0.919. The van der Waals surface area contributed by atoms with Crippen LogP contribution in [-0.4, -0.2) is 26.4 Å². The van der Waals surface area contributed by atoms with Crippen molar-refractivity contribution >= 4 is 44.2 Å². The average Bonchev–Trinajstić information content (AvgIpc) is 3.47. The molecule has 0 amide bonds. The number of carbonyl (C=O) groups is 1. The van der Waals surface area contributed by atoms with Crippen molar-refractivity contribution in [1.29, 1.82) is 0 Å². The van der Waals surface area contributed by atoms with Gasteiger partial charge in [-0.3, -0.25) is 9.78 Å². The number of ether oxygens (including phenoxy) is 1. The molecule has 0 saturated heterocycles. The Hall–Kier alpha value is -3.42. The summed E-state index contributed by atoms with van der Waals surface area (Å²) in [6.45, 7) is 2.66. The van der Waals surface area contributed by atoms with Crippen LogP contribution in [0, 0.1) is 6.92 Å². The Labute approximate surface area is 215 Å². The van der Waals surface area contributed by atoms with E-state index in [1.54, 1.807) is 6.20 Å². The molecule has 5 rings (SSSR count). The minimum Gasteiger partial charge on any atom is -0.477 e. The number of rotatable bonds is 8. The van der Waals surface area contributed by atoms with Crippen LogP contribution < -0.4 is 4.74 Å². The van der Waals surface area contributed by atoms with Gasteiger partial charge >= 0.3 is 0 Å². The molecule has 0 atom stereocenters. The zero-order valence-electron chi connectivity index (χ0n) is 18.9. The molecule has 0 saturated carbocycles. The Bertz CT molecular complexity index is 1490. The van der Waals surface area contributed by atoms with E-state index in [-0.39, 0.29) is 24.2 Å². The maximum absolute atomic E-state index is 13.3. The van der Waals surface area contributed by atoms with Gasteiger partial charge in [0.2, 0.25) is 5.78 Å². The van der Waals surface area contributed by atoms with Crippen molar-refractivity contribution in [2.75, 3.05) is 6.07 Å². The van der Waals surface area contributed by atoms with Gasteiger partial charge in [-0.2, -0.15) is 0 Å². The zero-order chi connectivity index (χ0) is 24.4. The molecule has 176 valence electrons. The number of pyridine rings is 1. The fraction of sp³-hybridized carbons (Fsp3) is 0.148. The van der Waals surface area contributed by atoms with E-state index < -0.39 is 0 Å². The third-order valence-corrected chi connectivity index (χ3v) is 6.54. The first-order valence-corrected chi connectivity index (χ1v) is 12.3. The first-order valence-electron chi connectivity index (χ1n) is 11.0. The van der Waals surface area contributed by atoms with E-state index >= 15 is 0 Å². The Balaban J connectivity index is 1.54. The second-order valence-corrected chi connectivity index (χ2v) is 9.16.